The van der Waals surface area contributed by atoms with Crippen LogP contribution in [0, 0.1) is 0 Å². The molecule has 0 aromatic rings. The van der Waals surface area contributed by atoms with Gasteiger partial charge in [-0.1, -0.05) is 0 Å². The van der Waals surface area contributed by atoms with E-state index in [9.17, 15) is 4.79 Å². The van der Waals surface area contributed by atoms with Crippen LogP contribution < -0.4 is 5.73 Å². The average molecular weight is 219 g/mol. The fourth-order valence-corrected chi connectivity index (χ4v) is 0.518. The van der Waals surface area contributed by atoms with Crippen molar-refractivity contribution in [2.75, 3.05) is 19.8 Å². The molecule has 4 nitrogen and oxygen atoms in total. The summed E-state index contributed by atoms with van der Waals surface area (Å²) in [4.78, 5) is 9.69. The van der Waals surface area contributed by atoms with Gasteiger partial charge in [0, 0.05) is 13.2 Å². The largest absolute Gasteiger partial charge is 0.353 e. The third-order valence-electron chi connectivity index (χ3n) is 1.09. The van der Waals surface area contributed by atoms with Crippen LogP contribution in [0.15, 0.2) is 13.2 Å². The highest BCUT2D eigenvalue weighted by Crippen LogP contribution is 1.90. The topological polar surface area (TPSA) is 61.6 Å². The van der Waals surface area contributed by atoms with E-state index >= 15 is 0 Å². The molecule has 15 heavy (non-hydrogen) atoms. The van der Waals surface area contributed by atoms with Gasteiger partial charge < -0.3 is 15.2 Å². The smallest absolute Gasteiger partial charge is 0.154 e. The molecule has 0 aliphatic rings. The lowest BCUT2D eigenvalue weighted by molar-refractivity contribution is -0.123. The standard InChI is InChI=1S/C6H14O2.C3H7NO.C2H4/c1-4-7-6(3)8-5-2;1-3(5)2-4;1-2/h6H,4-5H2,1-3H3;2,4H2,1H3;1-2H2. The number of rotatable bonds is 5. The second-order valence-electron chi connectivity index (χ2n) is 2.38. The van der Waals surface area contributed by atoms with E-state index in [1.165, 1.54) is 6.92 Å². The first-order chi connectivity index (χ1) is 7.08. The van der Waals surface area contributed by atoms with Crippen molar-refractivity contribution in [1.82, 2.24) is 0 Å². The van der Waals surface area contributed by atoms with Gasteiger partial charge in [0.15, 0.2) is 6.29 Å². The van der Waals surface area contributed by atoms with Gasteiger partial charge in [-0.3, -0.25) is 4.79 Å². The molecular formula is C11H25NO3. The Hall–Kier alpha value is -0.710. The Kier molecular flexibility index (Phi) is 25.0. The summed E-state index contributed by atoms with van der Waals surface area (Å²) < 4.78 is 10.1. The van der Waals surface area contributed by atoms with Crippen LogP contribution in [0.1, 0.15) is 27.7 Å². The zero-order valence-electron chi connectivity index (χ0n) is 10.4. The third-order valence-corrected chi connectivity index (χ3v) is 1.09. The molecule has 0 heterocycles. The van der Waals surface area contributed by atoms with E-state index in [-0.39, 0.29) is 18.6 Å². The van der Waals surface area contributed by atoms with Crippen LogP contribution in [0.5, 0.6) is 0 Å². The Morgan fingerprint density at radius 1 is 1.27 bits per heavy atom. The molecular weight excluding hydrogens is 194 g/mol. The van der Waals surface area contributed by atoms with Gasteiger partial charge in [0.25, 0.3) is 0 Å². The molecule has 0 aliphatic carbocycles. The maximum atomic E-state index is 9.69. The number of Topliss-reactive ketones (excluding diaryl/α,β-unsaturated/α-hetero) is 1. The van der Waals surface area contributed by atoms with E-state index in [1.807, 2.05) is 20.8 Å². The van der Waals surface area contributed by atoms with Crippen molar-refractivity contribution in [3.05, 3.63) is 13.2 Å². The average Bonchev–Trinajstić information content (AvgIpc) is 2.22. The summed E-state index contributed by atoms with van der Waals surface area (Å²) in [5.74, 6) is 0.0324. The SMILES string of the molecule is C=C.CC(=O)CN.CCOC(C)OCC. The van der Waals surface area contributed by atoms with E-state index in [1.54, 1.807) is 0 Å². The van der Waals surface area contributed by atoms with E-state index < -0.39 is 0 Å². The second kappa shape index (κ2) is 19.0. The van der Waals surface area contributed by atoms with Gasteiger partial charge in [-0.2, -0.15) is 0 Å². The molecule has 0 aliphatic heterocycles. The zero-order chi connectivity index (χ0) is 12.7. The first kappa shape index (κ1) is 19.8. The van der Waals surface area contributed by atoms with Crippen molar-refractivity contribution in [3.8, 4) is 0 Å². The Labute approximate surface area is 93.4 Å². The van der Waals surface area contributed by atoms with Gasteiger partial charge in [-0.15, -0.1) is 13.2 Å². The molecule has 0 amide bonds. The lowest BCUT2D eigenvalue weighted by atomic mass is 10.5. The van der Waals surface area contributed by atoms with Crippen LogP contribution in [0.4, 0.5) is 0 Å². The summed E-state index contributed by atoms with van der Waals surface area (Å²) in [6.45, 7) is 14.9. The number of ether oxygens (including phenoxy) is 2. The highest BCUT2D eigenvalue weighted by Gasteiger charge is 1.94. The van der Waals surface area contributed by atoms with Crippen molar-refractivity contribution in [3.63, 3.8) is 0 Å². The number of ketones is 1. The lowest BCUT2D eigenvalue weighted by Crippen LogP contribution is -2.11. The molecule has 92 valence electrons. The molecule has 0 radical (unpaired) electrons. The monoisotopic (exact) mass is 219 g/mol. The minimum Gasteiger partial charge on any atom is -0.353 e. The lowest BCUT2D eigenvalue weighted by Gasteiger charge is -2.09. The highest BCUT2D eigenvalue weighted by atomic mass is 16.7. The van der Waals surface area contributed by atoms with Gasteiger partial charge in [-0.25, -0.2) is 0 Å². The number of hydrogen-bond donors (Lipinski definition) is 1. The Morgan fingerprint density at radius 2 is 1.53 bits per heavy atom. The molecule has 0 saturated heterocycles. The quantitative estimate of drug-likeness (QED) is 0.565. The number of carbonyl (C=O) groups is 1. The van der Waals surface area contributed by atoms with Crippen LogP contribution in [0.3, 0.4) is 0 Å². The predicted molar refractivity (Wildman–Crippen MR) is 63.7 cm³/mol. The Balaban J connectivity index is -0.000000177. The fraction of sp³-hybridized carbons (Fsp3) is 0.727. The molecule has 2 N–H and O–H groups in total. The first-order valence-corrected chi connectivity index (χ1v) is 5.01. The van der Waals surface area contributed by atoms with Crippen molar-refractivity contribution in [1.29, 1.82) is 0 Å². The predicted octanol–water partition coefficient (Wildman–Crippen LogP) is 1.74. The summed E-state index contributed by atoms with van der Waals surface area (Å²) >= 11 is 0. The van der Waals surface area contributed by atoms with Crippen molar-refractivity contribution < 1.29 is 14.3 Å². The van der Waals surface area contributed by atoms with Gasteiger partial charge >= 0.3 is 0 Å². The fourth-order valence-electron chi connectivity index (χ4n) is 0.518. The maximum absolute atomic E-state index is 9.69. The summed E-state index contributed by atoms with van der Waals surface area (Å²) in [6.07, 6.45) is -0.0370. The van der Waals surface area contributed by atoms with Gasteiger partial charge in [0.2, 0.25) is 0 Å². The normalized spacial score (nSPS) is 8.40. The van der Waals surface area contributed by atoms with E-state index in [4.69, 9.17) is 15.2 Å². The summed E-state index contributed by atoms with van der Waals surface area (Å²) in [5.41, 5.74) is 4.82. The van der Waals surface area contributed by atoms with Crippen LogP contribution in [-0.4, -0.2) is 31.8 Å². The van der Waals surface area contributed by atoms with Crippen molar-refractivity contribution in [2.45, 2.75) is 34.0 Å². The summed E-state index contributed by atoms with van der Waals surface area (Å²) in [7, 11) is 0. The number of nitrogens with two attached hydrogens (primary N) is 1. The molecule has 0 fully saturated rings. The molecule has 0 bridgehead atoms. The molecule has 0 aromatic heterocycles. The molecule has 0 spiro atoms. The molecule has 0 saturated carbocycles. The number of carbonyl (C=O) groups excluding carboxylic acids is 1. The molecule has 4 heteroatoms. The summed E-state index contributed by atoms with van der Waals surface area (Å²) in [5, 5.41) is 0. The first-order valence-electron chi connectivity index (χ1n) is 5.01. The summed E-state index contributed by atoms with van der Waals surface area (Å²) in [6, 6.07) is 0. The molecule has 0 unspecified atom stereocenters. The highest BCUT2D eigenvalue weighted by molar-refractivity contribution is 5.77. The molecule has 0 aromatic carbocycles. The zero-order valence-corrected chi connectivity index (χ0v) is 10.4. The molecule has 0 atom stereocenters. The van der Waals surface area contributed by atoms with E-state index in [2.05, 4.69) is 13.2 Å². The minimum absolute atomic E-state index is 0.0324. The maximum Gasteiger partial charge on any atom is 0.154 e. The molecule has 0 rings (SSSR count). The third kappa shape index (κ3) is 31.9. The van der Waals surface area contributed by atoms with Crippen LogP contribution in [0.25, 0.3) is 0 Å². The second-order valence-corrected chi connectivity index (χ2v) is 2.38. The van der Waals surface area contributed by atoms with E-state index in [0.29, 0.717) is 0 Å². The van der Waals surface area contributed by atoms with Gasteiger partial charge in [-0.05, 0) is 27.7 Å². The van der Waals surface area contributed by atoms with Gasteiger partial charge in [0.1, 0.15) is 5.78 Å². The van der Waals surface area contributed by atoms with Crippen LogP contribution in [0.2, 0.25) is 0 Å². The van der Waals surface area contributed by atoms with Gasteiger partial charge in [0.05, 0.1) is 6.54 Å². The minimum atomic E-state index is -0.0370. The van der Waals surface area contributed by atoms with Crippen molar-refractivity contribution in [2.24, 2.45) is 5.73 Å². The Morgan fingerprint density at radius 3 is 1.67 bits per heavy atom. The van der Waals surface area contributed by atoms with Crippen LogP contribution in [-0.2, 0) is 14.3 Å². The number of hydrogen-bond acceptors (Lipinski definition) is 4. The van der Waals surface area contributed by atoms with Crippen molar-refractivity contribution >= 4 is 5.78 Å². The Bertz CT molecular complexity index is 123. The van der Waals surface area contributed by atoms with E-state index in [0.717, 1.165) is 13.2 Å². The van der Waals surface area contributed by atoms with Crippen LogP contribution >= 0.6 is 0 Å².